The highest BCUT2D eigenvalue weighted by Gasteiger charge is 2.28. The topological polar surface area (TPSA) is 46.6 Å². The van der Waals surface area contributed by atoms with Crippen LogP contribution in [-0.4, -0.2) is 36.0 Å². The monoisotopic (exact) mass is 213 g/mol. The zero-order valence-corrected chi connectivity index (χ0v) is 9.49. The molecule has 1 heterocycles. The number of nitrogens with zero attached hydrogens (tertiary/aromatic N) is 1. The van der Waals surface area contributed by atoms with Crippen molar-refractivity contribution >= 4 is 11.9 Å². The second-order valence-corrected chi connectivity index (χ2v) is 3.95. The van der Waals surface area contributed by atoms with Crippen molar-refractivity contribution in [3.63, 3.8) is 0 Å². The van der Waals surface area contributed by atoms with Crippen molar-refractivity contribution in [3.05, 3.63) is 0 Å². The molecular weight excluding hydrogens is 194 g/mol. The molecule has 1 fully saturated rings. The summed E-state index contributed by atoms with van der Waals surface area (Å²) in [6.45, 7) is 4.47. The molecule has 15 heavy (non-hydrogen) atoms. The Morgan fingerprint density at radius 3 is 2.73 bits per heavy atom. The number of likely N-dealkylation sites (tertiary alicyclic amines) is 1. The Labute approximate surface area is 90.6 Å². The largest absolute Gasteiger partial charge is 0.450 e. The fourth-order valence-electron chi connectivity index (χ4n) is 1.99. The number of amides is 1. The molecule has 1 saturated heterocycles. The number of Topliss-reactive ketones (excluding diaryl/α,β-unsaturated/α-hetero) is 1. The third kappa shape index (κ3) is 3.53. The molecule has 1 aliphatic heterocycles. The molecule has 4 nitrogen and oxygen atoms in total. The SMILES string of the molecule is CCOC(=O)N1CCCC[C@H]1CC(C)=O. The summed E-state index contributed by atoms with van der Waals surface area (Å²) in [4.78, 5) is 24.3. The molecule has 1 amide bonds. The fourth-order valence-corrected chi connectivity index (χ4v) is 1.99. The maximum absolute atomic E-state index is 11.6. The van der Waals surface area contributed by atoms with Crippen LogP contribution in [-0.2, 0) is 9.53 Å². The van der Waals surface area contributed by atoms with Crippen LogP contribution in [0.5, 0.6) is 0 Å². The van der Waals surface area contributed by atoms with Crippen molar-refractivity contribution in [2.45, 2.75) is 45.6 Å². The number of ketones is 1. The van der Waals surface area contributed by atoms with Gasteiger partial charge in [-0.05, 0) is 33.1 Å². The summed E-state index contributed by atoms with van der Waals surface area (Å²) in [5.74, 6) is 0.135. The molecule has 0 bridgehead atoms. The second kappa shape index (κ2) is 5.73. The van der Waals surface area contributed by atoms with E-state index in [0.29, 0.717) is 13.0 Å². The lowest BCUT2D eigenvalue weighted by molar-refractivity contribution is -0.118. The van der Waals surface area contributed by atoms with E-state index in [1.54, 1.807) is 18.7 Å². The van der Waals surface area contributed by atoms with E-state index >= 15 is 0 Å². The maximum Gasteiger partial charge on any atom is 0.410 e. The van der Waals surface area contributed by atoms with Crippen LogP contribution < -0.4 is 0 Å². The number of ether oxygens (including phenoxy) is 1. The number of piperidine rings is 1. The van der Waals surface area contributed by atoms with Crippen LogP contribution in [0.2, 0.25) is 0 Å². The summed E-state index contributed by atoms with van der Waals surface area (Å²) >= 11 is 0. The lowest BCUT2D eigenvalue weighted by Gasteiger charge is -2.34. The average Bonchev–Trinajstić information content (AvgIpc) is 2.18. The number of hydrogen-bond donors (Lipinski definition) is 0. The van der Waals surface area contributed by atoms with Gasteiger partial charge in [-0.15, -0.1) is 0 Å². The normalized spacial score (nSPS) is 21.2. The molecule has 0 aliphatic carbocycles. The van der Waals surface area contributed by atoms with E-state index in [1.165, 1.54) is 0 Å². The van der Waals surface area contributed by atoms with E-state index in [4.69, 9.17) is 4.74 Å². The van der Waals surface area contributed by atoms with Gasteiger partial charge in [0, 0.05) is 19.0 Å². The van der Waals surface area contributed by atoms with Gasteiger partial charge in [0.1, 0.15) is 5.78 Å². The zero-order valence-electron chi connectivity index (χ0n) is 9.49. The Morgan fingerprint density at radius 1 is 1.40 bits per heavy atom. The van der Waals surface area contributed by atoms with Crippen molar-refractivity contribution < 1.29 is 14.3 Å². The van der Waals surface area contributed by atoms with E-state index in [9.17, 15) is 9.59 Å². The van der Waals surface area contributed by atoms with Crippen LogP contribution in [0.15, 0.2) is 0 Å². The molecule has 0 aromatic rings. The van der Waals surface area contributed by atoms with Gasteiger partial charge in [-0.25, -0.2) is 4.79 Å². The molecule has 86 valence electrons. The molecule has 0 unspecified atom stereocenters. The van der Waals surface area contributed by atoms with Crippen LogP contribution in [0.4, 0.5) is 4.79 Å². The Hall–Kier alpha value is -1.06. The lowest BCUT2D eigenvalue weighted by Crippen LogP contribution is -2.44. The molecule has 0 radical (unpaired) electrons. The van der Waals surface area contributed by atoms with Crippen molar-refractivity contribution in [1.29, 1.82) is 0 Å². The van der Waals surface area contributed by atoms with Crippen LogP contribution in [0.3, 0.4) is 0 Å². The van der Waals surface area contributed by atoms with Crippen LogP contribution in [0.1, 0.15) is 39.5 Å². The molecule has 0 N–H and O–H groups in total. The van der Waals surface area contributed by atoms with Crippen molar-refractivity contribution in [2.75, 3.05) is 13.2 Å². The maximum atomic E-state index is 11.6. The predicted octanol–water partition coefficient (Wildman–Crippen LogP) is 1.98. The minimum atomic E-state index is -0.275. The quantitative estimate of drug-likeness (QED) is 0.720. The Bertz CT molecular complexity index is 240. The molecule has 1 atom stereocenters. The Kier molecular flexibility index (Phi) is 4.59. The summed E-state index contributed by atoms with van der Waals surface area (Å²) in [5.41, 5.74) is 0. The summed E-state index contributed by atoms with van der Waals surface area (Å²) in [6.07, 6.45) is 3.20. The van der Waals surface area contributed by atoms with Gasteiger partial charge in [-0.2, -0.15) is 0 Å². The predicted molar refractivity (Wildman–Crippen MR) is 56.7 cm³/mol. The number of rotatable bonds is 3. The molecule has 1 aliphatic rings. The third-order valence-electron chi connectivity index (χ3n) is 2.65. The first-order valence-corrected chi connectivity index (χ1v) is 5.58. The number of carbonyl (C=O) groups is 2. The fraction of sp³-hybridized carbons (Fsp3) is 0.818. The summed E-state index contributed by atoms with van der Waals surface area (Å²) < 4.78 is 4.97. The first kappa shape index (κ1) is 12.0. The van der Waals surface area contributed by atoms with E-state index < -0.39 is 0 Å². The first-order valence-electron chi connectivity index (χ1n) is 5.58. The highest BCUT2D eigenvalue weighted by Crippen LogP contribution is 2.20. The lowest BCUT2D eigenvalue weighted by atomic mass is 9.98. The van der Waals surface area contributed by atoms with Crippen LogP contribution in [0, 0.1) is 0 Å². The zero-order chi connectivity index (χ0) is 11.3. The van der Waals surface area contributed by atoms with Crippen molar-refractivity contribution in [3.8, 4) is 0 Å². The first-order chi connectivity index (χ1) is 7.15. The van der Waals surface area contributed by atoms with Gasteiger partial charge in [0.2, 0.25) is 0 Å². The van der Waals surface area contributed by atoms with E-state index in [-0.39, 0.29) is 17.9 Å². The summed E-state index contributed by atoms with van der Waals surface area (Å²) in [7, 11) is 0. The molecule has 1 rings (SSSR count). The van der Waals surface area contributed by atoms with Gasteiger partial charge >= 0.3 is 6.09 Å². The van der Waals surface area contributed by atoms with Gasteiger partial charge in [-0.3, -0.25) is 4.79 Å². The van der Waals surface area contributed by atoms with Gasteiger partial charge in [-0.1, -0.05) is 0 Å². The van der Waals surface area contributed by atoms with Gasteiger partial charge in [0.05, 0.1) is 6.61 Å². The summed E-state index contributed by atoms with van der Waals surface area (Å²) in [6, 6.07) is 0.0512. The molecular formula is C11H19NO3. The molecule has 0 saturated carbocycles. The number of carbonyl (C=O) groups excluding carboxylic acids is 2. The van der Waals surface area contributed by atoms with Gasteiger partial charge in [0.15, 0.2) is 0 Å². The van der Waals surface area contributed by atoms with Crippen molar-refractivity contribution in [1.82, 2.24) is 4.90 Å². The van der Waals surface area contributed by atoms with Gasteiger partial charge in [0.25, 0.3) is 0 Å². The van der Waals surface area contributed by atoms with Crippen LogP contribution in [0.25, 0.3) is 0 Å². The second-order valence-electron chi connectivity index (χ2n) is 3.95. The minimum Gasteiger partial charge on any atom is -0.450 e. The highest BCUT2D eigenvalue weighted by molar-refractivity contribution is 5.77. The smallest absolute Gasteiger partial charge is 0.410 e. The Morgan fingerprint density at radius 2 is 2.13 bits per heavy atom. The van der Waals surface area contributed by atoms with Gasteiger partial charge < -0.3 is 9.64 Å². The number of hydrogen-bond acceptors (Lipinski definition) is 3. The average molecular weight is 213 g/mol. The molecule has 0 spiro atoms. The van der Waals surface area contributed by atoms with Crippen LogP contribution >= 0.6 is 0 Å². The standard InChI is InChI=1S/C11H19NO3/c1-3-15-11(14)12-7-5-4-6-10(12)8-9(2)13/h10H,3-8H2,1-2H3/t10-/m0/s1. The molecule has 0 aromatic carbocycles. The van der Waals surface area contributed by atoms with Crippen molar-refractivity contribution in [2.24, 2.45) is 0 Å². The van der Waals surface area contributed by atoms with E-state index in [1.807, 2.05) is 0 Å². The molecule has 4 heteroatoms. The minimum absolute atomic E-state index is 0.0512. The Balaban J connectivity index is 2.56. The third-order valence-corrected chi connectivity index (χ3v) is 2.65. The van der Waals surface area contributed by atoms with E-state index in [2.05, 4.69) is 0 Å². The summed E-state index contributed by atoms with van der Waals surface area (Å²) in [5, 5.41) is 0. The van der Waals surface area contributed by atoms with E-state index in [0.717, 1.165) is 25.8 Å². The molecule has 0 aromatic heterocycles. The highest BCUT2D eigenvalue weighted by atomic mass is 16.6.